The van der Waals surface area contributed by atoms with E-state index in [0.717, 1.165) is 26.1 Å². The van der Waals surface area contributed by atoms with Crippen molar-refractivity contribution >= 4 is 16.8 Å². The van der Waals surface area contributed by atoms with Gasteiger partial charge >= 0.3 is 0 Å². The number of aromatic nitrogens is 1. The molecule has 0 bridgehead atoms. The second-order valence-electron chi connectivity index (χ2n) is 8.98. The van der Waals surface area contributed by atoms with Crippen molar-refractivity contribution < 1.29 is 9.69 Å². The summed E-state index contributed by atoms with van der Waals surface area (Å²) in [5, 5.41) is 1.27. The van der Waals surface area contributed by atoms with Crippen molar-refractivity contribution in [1.82, 2.24) is 9.47 Å². The zero-order valence-corrected chi connectivity index (χ0v) is 17.5. The number of carbonyl (C=O) groups is 1. The van der Waals surface area contributed by atoms with Crippen LogP contribution < -0.4 is 4.90 Å². The molecule has 2 fully saturated rings. The molecule has 2 heterocycles. The van der Waals surface area contributed by atoms with Gasteiger partial charge in [-0.25, -0.2) is 0 Å². The van der Waals surface area contributed by atoms with Crippen molar-refractivity contribution in [3.8, 4) is 0 Å². The first kappa shape index (κ1) is 19.5. The van der Waals surface area contributed by atoms with Gasteiger partial charge < -0.3 is 14.4 Å². The van der Waals surface area contributed by atoms with Gasteiger partial charge in [0, 0.05) is 37.5 Å². The molecule has 1 aromatic heterocycles. The maximum atomic E-state index is 13.3. The molecule has 28 heavy (non-hydrogen) atoms. The molecule has 1 saturated carbocycles. The highest BCUT2D eigenvalue weighted by Gasteiger charge is 2.24. The number of carbonyl (C=O) groups excluding carboxylic acids is 1. The Labute approximate surface area is 169 Å². The van der Waals surface area contributed by atoms with Gasteiger partial charge in [-0.3, -0.25) is 4.79 Å². The number of fused-ring (bicyclic) bond motifs is 1. The summed E-state index contributed by atoms with van der Waals surface area (Å²) >= 11 is 0. The highest BCUT2D eigenvalue weighted by atomic mass is 16.2. The Morgan fingerprint density at radius 2 is 1.86 bits per heavy atom. The zero-order chi connectivity index (χ0) is 19.3. The van der Waals surface area contributed by atoms with E-state index in [9.17, 15) is 4.79 Å². The van der Waals surface area contributed by atoms with Crippen molar-refractivity contribution in [3.05, 3.63) is 36.0 Å². The summed E-state index contributed by atoms with van der Waals surface area (Å²) in [6, 6.07) is 10.8. The molecule has 1 saturated heterocycles. The van der Waals surface area contributed by atoms with E-state index in [2.05, 4.69) is 46.8 Å². The predicted octanol–water partition coefficient (Wildman–Crippen LogP) is 3.16. The normalized spacial score (nSPS) is 18.8. The lowest BCUT2D eigenvalue weighted by Gasteiger charge is -2.28. The van der Waals surface area contributed by atoms with E-state index in [1.54, 1.807) is 4.90 Å². The van der Waals surface area contributed by atoms with E-state index >= 15 is 0 Å². The molecule has 0 spiro atoms. The summed E-state index contributed by atoms with van der Waals surface area (Å²) in [6.45, 7) is 5.28. The first-order valence-electron chi connectivity index (χ1n) is 11.4. The number of aryl methyl sites for hydroxylation is 1. The second-order valence-corrected chi connectivity index (χ2v) is 8.98. The molecule has 2 aromatic rings. The maximum absolute atomic E-state index is 13.3. The zero-order valence-electron chi connectivity index (χ0n) is 17.5. The van der Waals surface area contributed by atoms with Crippen LogP contribution >= 0.6 is 0 Å². The average Bonchev–Trinajstić information content (AvgIpc) is 3.34. The molecular formula is C24H36N3O+. The number of quaternary nitrogens is 1. The number of benzene rings is 1. The number of amides is 1. The lowest BCUT2D eigenvalue weighted by atomic mass is 9.86. The molecule has 0 atom stereocenters. The minimum absolute atomic E-state index is 0.371. The summed E-state index contributed by atoms with van der Waals surface area (Å²) in [6.07, 6.45) is 9.87. The molecule has 1 amide bonds. The van der Waals surface area contributed by atoms with Gasteiger partial charge in [0.05, 0.1) is 32.7 Å². The fourth-order valence-electron chi connectivity index (χ4n) is 5.17. The summed E-state index contributed by atoms with van der Waals surface area (Å²) in [5.41, 5.74) is 2.50. The number of likely N-dealkylation sites (tertiary alicyclic amines) is 1. The van der Waals surface area contributed by atoms with Crippen LogP contribution in [0.3, 0.4) is 0 Å². The summed E-state index contributed by atoms with van der Waals surface area (Å²) in [4.78, 5) is 17.1. The van der Waals surface area contributed by atoms with Crippen molar-refractivity contribution in [3.63, 3.8) is 0 Å². The van der Waals surface area contributed by atoms with Gasteiger partial charge in [0.1, 0.15) is 0 Å². The first-order valence-corrected chi connectivity index (χ1v) is 11.4. The largest absolute Gasteiger partial charge is 0.346 e. The van der Waals surface area contributed by atoms with Gasteiger partial charge in [-0.15, -0.1) is 0 Å². The third kappa shape index (κ3) is 4.60. The first-order chi connectivity index (χ1) is 13.7. The van der Waals surface area contributed by atoms with Crippen molar-refractivity contribution in [1.29, 1.82) is 0 Å². The molecule has 4 nitrogen and oxygen atoms in total. The molecule has 1 aliphatic heterocycles. The van der Waals surface area contributed by atoms with Gasteiger partial charge in [-0.1, -0.05) is 37.5 Å². The minimum atomic E-state index is 0.371. The van der Waals surface area contributed by atoms with Crippen LogP contribution in [0, 0.1) is 5.92 Å². The molecule has 0 radical (unpaired) electrons. The van der Waals surface area contributed by atoms with E-state index in [1.807, 2.05) is 0 Å². The fraction of sp³-hybridized carbons (Fsp3) is 0.625. The molecule has 1 N–H and O–H groups in total. The molecule has 1 aromatic carbocycles. The van der Waals surface area contributed by atoms with Crippen LogP contribution in [0.1, 0.15) is 57.1 Å². The SMILES string of the molecule is Cn1c(CN(CC[NH+]2CCCC2)C(=O)CC2CCCCC2)cc2ccccc21. The van der Waals surface area contributed by atoms with Gasteiger partial charge in [0.25, 0.3) is 0 Å². The van der Waals surface area contributed by atoms with E-state index < -0.39 is 0 Å². The molecule has 152 valence electrons. The second kappa shape index (κ2) is 9.13. The molecular weight excluding hydrogens is 346 g/mol. The third-order valence-electron chi connectivity index (χ3n) is 6.99. The highest BCUT2D eigenvalue weighted by Crippen LogP contribution is 2.27. The standard InChI is InChI=1S/C24H35N3O/c1-25-22(18-21-11-5-6-12-23(21)25)19-27(16-15-26-13-7-8-14-26)24(28)17-20-9-3-2-4-10-20/h5-6,11-12,18,20H,2-4,7-10,13-17,19H2,1H3/p+1. The minimum Gasteiger partial charge on any atom is -0.346 e. The molecule has 4 heteroatoms. The lowest BCUT2D eigenvalue weighted by Crippen LogP contribution is -3.10. The number of nitrogens with zero attached hydrogens (tertiary/aromatic N) is 2. The van der Waals surface area contributed by atoms with E-state index in [4.69, 9.17) is 0 Å². The number of nitrogens with one attached hydrogen (secondary N) is 1. The Morgan fingerprint density at radius 1 is 1.11 bits per heavy atom. The Bertz CT molecular complexity index is 784. The van der Waals surface area contributed by atoms with E-state index in [1.165, 1.54) is 74.6 Å². The van der Waals surface area contributed by atoms with Crippen LogP contribution in [0.15, 0.2) is 30.3 Å². The van der Waals surface area contributed by atoms with Crippen LogP contribution in [0.2, 0.25) is 0 Å². The highest BCUT2D eigenvalue weighted by molar-refractivity contribution is 5.81. The smallest absolute Gasteiger partial charge is 0.223 e. The Balaban J connectivity index is 1.47. The monoisotopic (exact) mass is 382 g/mol. The van der Waals surface area contributed by atoms with Crippen molar-refractivity contribution in [2.45, 2.75) is 57.9 Å². The van der Waals surface area contributed by atoms with Crippen molar-refractivity contribution in [2.24, 2.45) is 13.0 Å². The van der Waals surface area contributed by atoms with Gasteiger partial charge in [0.15, 0.2) is 0 Å². The van der Waals surface area contributed by atoms with Crippen LogP contribution in [0.4, 0.5) is 0 Å². The van der Waals surface area contributed by atoms with Crippen LogP contribution in [-0.2, 0) is 18.4 Å². The predicted molar refractivity (Wildman–Crippen MR) is 114 cm³/mol. The number of hydrogen-bond acceptors (Lipinski definition) is 1. The molecule has 0 unspecified atom stereocenters. The summed E-state index contributed by atoms with van der Waals surface area (Å²) in [5.74, 6) is 0.978. The Morgan fingerprint density at radius 3 is 2.61 bits per heavy atom. The topological polar surface area (TPSA) is 29.7 Å². The van der Waals surface area contributed by atoms with E-state index in [-0.39, 0.29) is 0 Å². The Hall–Kier alpha value is -1.81. The van der Waals surface area contributed by atoms with Gasteiger partial charge in [-0.2, -0.15) is 0 Å². The third-order valence-corrected chi connectivity index (χ3v) is 6.99. The molecule has 2 aliphatic rings. The number of rotatable bonds is 7. The van der Waals surface area contributed by atoms with Crippen LogP contribution in [0.25, 0.3) is 10.9 Å². The van der Waals surface area contributed by atoms with Gasteiger partial charge in [0.2, 0.25) is 5.91 Å². The number of para-hydroxylation sites is 1. The molecule has 4 rings (SSSR count). The van der Waals surface area contributed by atoms with Gasteiger partial charge in [-0.05, 0) is 36.3 Å². The lowest BCUT2D eigenvalue weighted by molar-refractivity contribution is -0.886. The molecule has 1 aliphatic carbocycles. The van der Waals surface area contributed by atoms with Crippen LogP contribution in [0.5, 0.6) is 0 Å². The number of hydrogen-bond donors (Lipinski definition) is 1. The fourth-order valence-corrected chi connectivity index (χ4v) is 5.17. The maximum Gasteiger partial charge on any atom is 0.223 e. The van der Waals surface area contributed by atoms with E-state index in [0.29, 0.717) is 11.8 Å². The van der Waals surface area contributed by atoms with Crippen molar-refractivity contribution in [2.75, 3.05) is 26.2 Å². The quantitative estimate of drug-likeness (QED) is 0.783. The average molecular weight is 383 g/mol. The summed E-state index contributed by atoms with van der Waals surface area (Å²) in [7, 11) is 2.13. The Kier molecular flexibility index (Phi) is 6.36. The summed E-state index contributed by atoms with van der Waals surface area (Å²) < 4.78 is 2.26. The van der Waals surface area contributed by atoms with Crippen LogP contribution in [-0.4, -0.2) is 41.6 Å².